The zero-order valence-corrected chi connectivity index (χ0v) is 17.2. The van der Waals surface area contributed by atoms with E-state index < -0.39 is 0 Å². The molecule has 1 N–H and O–H groups in total. The Morgan fingerprint density at radius 2 is 2.21 bits per heavy atom. The summed E-state index contributed by atoms with van der Waals surface area (Å²) < 4.78 is 10.6. The van der Waals surface area contributed by atoms with E-state index in [1.54, 1.807) is 18.4 Å². The van der Waals surface area contributed by atoms with Crippen LogP contribution in [0.1, 0.15) is 24.3 Å². The molecule has 29 heavy (non-hydrogen) atoms. The van der Waals surface area contributed by atoms with Crippen molar-refractivity contribution in [2.45, 2.75) is 25.9 Å². The van der Waals surface area contributed by atoms with E-state index in [9.17, 15) is 4.79 Å². The van der Waals surface area contributed by atoms with E-state index in [0.29, 0.717) is 31.3 Å². The van der Waals surface area contributed by atoms with Crippen LogP contribution in [0.4, 0.5) is 0 Å². The first kappa shape index (κ1) is 19.6. The third-order valence-corrected chi connectivity index (χ3v) is 5.94. The van der Waals surface area contributed by atoms with Crippen molar-refractivity contribution in [2.75, 3.05) is 20.2 Å². The van der Waals surface area contributed by atoms with Crippen LogP contribution in [0.2, 0.25) is 0 Å². The molecule has 7 nitrogen and oxygen atoms in total. The number of amides is 1. The Morgan fingerprint density at radius 1 is 1.34 bits per heavy atom. The van der Waals surface area contributed by atoms with Crippen LogP contribution in [0.25, 0.3) is 10.7 Å². The molecule has 1 aliphatic rings. The van der Waals surface area contributed by atoms with Crippen molar-refractivity contribution in [3.63, 3.8) is 0 Å². The second-order valence-electron chi connectivity index (χ2n) is 7.13. The SMILES string of the molecule is COc1ccc(CNC(=O)C2CCCN(Cc3nc(-c4cccs4)no3)C2)cc1. The van der Waals surface area contributed by atoms with Gasteiger partial charge in [-0.2, -0.15) is 4.98 Å². The van der Waals surface area contributed by atoms with Gasteiger partial charge in [-0.3, -0.25) is 9.69 Å². The van der Waals surface area contributed by atoms with E-state index in [1.165, 1.54) is 0 Å². The average Bonchev–Trinajstić information content (AvgIpc) is 3.44. The van der Waals surface area contributed by atoms with Crippen LogP contribution in [0.5, 0.6) is 5.75 Å². The molecule has 1 fully saturated rings. The van der Waals surface area contributed by atoms with E-state index >= 15 is 0 Å². The first-order valence-corrected chi connectivity index (χ1v) is 10.6. The molecule has 0 bridgehead atoms. The van der Waals surface area contributed by atoms with Crippen LogP contribution in [0, 0.1) is 5.92 Å². The lowest BCUT2D eigenvalue weighted by Crippen LogP contribution is -2.42. The fourth-order valence-corrected chi connectivity index (χ4v) is 4.16. The number of likely N-dealkylation sites (tertiary alicyclic amines) is 1. The Labute approximate surface area is 173 Å². The molecular formula is C21H24N4O3S. The molecule has 0 saturated carbocycles. The third-order valence-electron chi connectivity index (χ3n) is 5.07. The standard InChI is InChI=1S/C21H24N4O3S/c1-27-17-8-6-15(7-9-17)12-22-21(26)16-4-2-10-25(13-16)14-19-23-20(24-28-19)18-5-3-11-29-18/h3,5-9,11,16H,2,4,10,12-14H2,1H3,(H,22,26). The van der Waals surface area contributed by atoms with Crippen LogP contribution >= 0.6 is 11.3 Å². The first-order chi connectivity index (χ1) is 14.2. The number of nitrogens with one attached hydrogen (secondary N) is 1. The fraction of sp³-hybridized carbons (Fsp3) is 0.381. The predicted octanol–water partition coefficient (Wildman–Crippen LogP) is 3.34. The van der Waals surface area contributed by atoms with Crippen molar-refractivity contribution in [2.24, 2.45) is 5.92 Å². The molecule has 152 valence electrons. The number of hydrogen-bond acceptors (Lipinski definition) is 7. The number of benzene rings is 1. The van der Waals surface area contributed by atoms with Gasteiger partial charge in [-0.15, -0.1) is 11.3 Å². The lowest BCUT2D eigenvalue weighted by Gasteiger charge is -2.30. The maximum atomic E-state index is 12.6. The second-order valence-corrected chi connectivity index (χ2v) is 8.08. The van der Waals surface area contributed by atoms with Crippen LogP contribution < -0.4 is 10.1 Å². The molecule has 0 spiro atoms. The molecule has 1 amide bonds. The van der Waals surface area contributed by atoms with Crippen molar-refractivity contribution in [3.05, 3.63) is 53.2 Å². The van der Waals surface area contributed by atoms with E-state index in [4.69, 9.17) is 9.26 Å². The number of hydrogen-bond donors (Lipinski definition) is 1. The largest absolute Gasteiger partial charge is 0.497 e. The normalized spacial score (nSPS) is 17.2. The Morgan fingerprint density at radius 3 is 2.97 bits per heavy atom. The third kappa shape index (κ3) is 5.02. The molecule has 3 aromatic rings. The van der Waals surface area contributed by atoms with Gasteiger partial charge in [0.2, 0.25) is 17.6 Å². The van der Waals surface area contributed by atoms with Gasteiger partial charge in [-0.1, -0.05) is 23.4 Å². The summed E-state index contributed by atoms with van der Waals surface area (Å²) >= 11 is 1.59. The minimum Gasteiger partial charge on any atom is -0.497 e. The van der Waals surface area contributed by atoms with Crippen molar-refractivity contribution in [3.8, 4) is 16.5 Å². The minimum absolute atomic E-state index is 0.0262. The number of piperidine rings is 1. The molecule has 8 heteroatoms. The number of carbonyl (C=O) groups excluding carboxylic acids is 1. The van der Waals surface area contributed by atoms with Crippen LogP contribution in [0.15, 0.2) is 46.3 Å². The molecule has 1 aromatic carbocycles. The Bertz CT molecular complexity index is 924. The topological polar surface area (TPSA) is 80.5 Å². The molecule has 0 aliphatic carbocycles. The number of rotatable bonds is 7. The van der Waals surface area contributed by atoms with Gasteiger partial charge in [0.15, 0.2) is 0 Å². The molecular weight excluding hydrogens is 388 g/mol. The fourth-order valence-electron chi connectivity index (χ4n) is 3.51. The highest BCUT2D eigenvalue weighted by molar-refractivity contribution is 7.13. The van der Waals surface area contributed by atoms with Gasteiger partial charge in [0, 0.05) is 13.1 Å². The summed E-state index contributed by atoms with van der Waals surface area (Å²) in [5.41, 5.74) is 1.05. The number of carbonyl (C=O) groups is 1. The molecule has 0 radical (unpaired) electrons. The van der Waals surface area contributed by atoms with Crippen molar-refractivity contribution in [1.82, 2.24) is 20.4 Å². The maximum absolute atomic E-state index is 12.6. The number of thiophene rings is 1. The summed E-state index contributed by atoms with van der Waals surface area (Å²) in [6.45, 7) is 2.72. The van der Waals surface area contributed by atoms with Gasteiger partial charge in [0.05, 0.1) is 24.4 Å². The Balaban J connectivity index is 1.29. The Kier molecular flexibility index (Phi) is 6.21. The van der Waals surface area contributed by atoms with Crippen molar-refractivity contribution in [1.29, 1.82) is 0 Å². The molecule has 3 heterocycles. The Hall–Kier alpha value is -2.71. The minimum atomic E-state index is -0.0262. The molecule has 1 atom stereocenters. The van der Waals surface area contributed by atoms with Crippen LogP contribution in [-0.4, -0.2) is 41.1 Å². The van der Waals surface area contributed by atoms with Crippen molar-refractivity contribution < 1.29 is 14.1 Å². The number of methoxy groups -OCH3 is 1. The first-order valence-electron chi connectivity index (χ1n) is 9.71. The number of nitrogens with zero attached hydrogens (tertiary/aromatic N) is 3. The van der Waals surface area contributed by atoms with Gasteiger partial charge in [0.25, 0.3) is 0 Å². The summed E-state index contributed by atoms with van der Waals surface area (Å²) in [6, 6.07) is 11.7. The molecule has 1 unspecified atom stereocenters. The monoisotopic (exact) mass is 412 g/mol. The van der Waals surface area contributed by atoms with Gasteiger partial charge >= 0.3 is 0 Å². The molecule has 2 aromatic heterocycles. The van der Waals surface area contributed by atoms with E-state index in [1.807, 2.05) is 41.8 Å². The summed E-state index contributed by atoms with van der Waals surface area (Å²) in [6.07, 6.45) is 1.88. The second kappa shape index (κ2) is 9.19. The predicted molar refractivity (Wildman–Crippen MR) is 110 cm³/mol. The lowest BCUT2D eigenvalue weighted by molar-refractivity contribution is -0.127. The zero-order valence-electron chi connectivity index (χ0n) is 16.3. The number of aromatic nitrogens is 2. The lowest BCUT2D eigenvalue weighted by atomic mass is 9.97. The molecule has 4 rings (SSSR count). The van der Waals surface area contributed by atoms with Gasteiger partial charge in [-0.25, -0.2) is 0 Å². The zero-order chi connectivity index (χ0) is 20.1. The highest BCUT2D eigenvalue weighted by Crippen LogP contribution is 2.23. The van der Waals surface area contributed by atoms with E-state index in [-0.39, 0.29) is 11.8 Å². The summed E-state index contributed by atoms with van der Waals surface area (Å²) in [7, 11) is 1.64. The van der Waals surface area contributed by atoms with Crippen LogP contribution in [-0.2, 0) is 17.9 Å². The summed E-state index contributed by atoms with van der Waals surface area (Å²) in [4.78, 5) is 20.3. The highest BCUT2D eigenvalue weighted by Gasteiger charge is 2.26. The molecule has 1 aliphatic heterocycles. The smallest absolute Gasteiger partial charge is 0.241 e. The summed E-state index contributed by atoms with van der Waals surface area (Å²) in [5, 5.41) is 9.11. The number of ether oxygens (including phenoxy) is 1. The van der Waals surface area contributed by atoms with E-state index in [2.05, 4.69) is 20.4 Å². The van der Waals surface area contributed by atoms with Crippen molar-refractivity contribution >= 4 is 17.2 Å². The van der Waals surface area contributed by atoms with E-state index in [0.717, 1.165) is 35.6 Å². The van der Waals surface area contributed by atoms with Crippen LogP contribution in [0.3, 0.4) is 0 Å². The van der Waals surface area contributed by atoms with Gasteiger partial charge < -0.3 is 14.6 Å². The average molecular weight is 413 g/mol. The maximum Gasteiger partial charge on any atom is 0.241 e. The summed E-state index contributed by atoms with van der Waals surface area (Å²) in [5.74, 6) is 2.09. The highest BCUT2D eigenvalue weighted by atomic mass is 32.1. The van der Waals surface area contributed by atoms with Gasteiger partial charge in [0.1, 0.15) is 5.75 Å². The molecule has 1 saturated heterocycles. The quantitative estimate of drug-likeness (QED) is 0.641. The van der Waals surface area contributed by atoms with Gasteiger partial charge in [-0.05, 0) is 48.5 Å².